The molecule has 1 fully saturated rings. The quantitative estimate of drug-likeness (QED) is 0.748. The van der Waals surface area contributed by atoms with Crippen LogP contribution in [0.1, 0.15) is 45.4 Å². The molecular weight excluding hydrogens is 260 g/mol. The van der Waals surface area contributed by atoms with Crippen LogP contribution in [0.15, 0.2) is 0 Å². The SMILES string of the molecule is CCN(C(=O)NCC(CC(=O)O)OC)C1CCCCC1. The highest BCUT2D eigenvalue weighted by molar-refractivity contribution is 5.74. The molecule has 20 heavy (non-hydrogen) atoms. The first kappa shape index (κ1) is 16.8. The van der Waals surface area contributed by atoms with Crippen LogP contribution >= 0.6 is 0 Å². The standard InChI is InChI=1S/C14H26N2O4/c1-3-16(11-7-5-4-6-8-11)14(19)15-10-12(20-2)9-13(17)18/h11-12H,3-10H2,1-2H3,(H,15,19)(H,17,18). The monoisotopic (exact) mass is 286 g/mol. The first-order valence-corrected chi connectivity index (χ1v) is 7.37. The number of ether oxygens (including phenoxy) is 1. The van der Waals surface area contributed by atoms with E-state index >= 15 is 0 Å². The van der Waals surface area contributed by atoms with E-state index in [4.69, 9.17) is 9.84 Å². The Morgan fingerprint density at radius 2 is 2.00 bits per heavy atom. The summed E-state index contributed by atoms with van der Waals surface area (Å²) in [5.74, 6) is -0.925. The second kappa shape index (κ2) is 8.79. The third kappa shape index (κ3) is 5.36. The third-order valence-electron chi connectivity index (χ3n) is 3.83. The summed E-state index contributed by atoms with van der Waals surface area (Å²) < 4.78 is 5.06. The maximum Gasteiger partial charge on any atom is 0.317 e. The molecule has 116 valence electrons. The van der Waals surface area contributed by atoms with Crippen LogP contribution in [0, 0.1) is 0 Å². The number of aliphatic carboxylic acids is 1. The van der Waals surface area contributed by atoms with Gasteiger partial charge in [-0.2, -0.15) is 0 Å². The Balaban J connectivity index is 2.43. The van der Waals surface area contributed by atoms with Crippen LogP contribution in [-0.2, 0) is 9.53 Å². The summed E-state index contributed by atoms with van der Waals surface area (Å²) >= 11 is 0. The second-order valence-corrected chi connectivity index (χ2v) is 5.22. The van der Waals surface area contributed by atoms with Crippen molar-refractivity contribution in [1.29, 1.82) is 0 Å². The lowest BCUT2D eigenvalue weighted by Crippen LogP contribution is -2.48. The topological polar surface area (TPSA) is 78.9 Å². The predicted molar refractivity (Wildman–Crippen MR) is 75.7 cm³/mol. The predicted octanol–water partition coefficient (Wildman–Crippen LogP) is 1.84. The first-order chi connectivity index (χ1) is 9.58. The molecule has 0 heterocycles. The van der Waals surface area contributed by atoms with Crippen LogP contribution in [0.4, 0.5) is 4.79 Å². The van der Waals surface area contributed by atoms with E-state index in [1.165, 1.54) is 26.4 Å². The Morgan fingerprint density at radius 1 is 1.35 bits per heavy atom. The van der Waals surface area contributed by atoms with E-state index in [9.17, 15) is 9.59 Å². The highest BCUT2D eigenvalue weighted by Crippen LogP contribution is 2.22. The Morgan fingerprint density at radius 3 is 2.50 bits per heavy atom. The van der Waals surface area contributed by atoms with Gasteiger partial charge in [-0.25, -0.2) is 4.79 Å². The second-order valence-electron chi connectivity index (χ2n) is 5.22. The molecule has 1 aliphatic carbocycles. The molecule has 0 aromatic carbocycles. The molecule has 1 rings (SSSR count). The summed E-state index contributed by atoms with van der Waals surface area (Å²) in [5, 5.41) is 11.5. The summed E-state index contributed by atoms with van der Waals surface area (Å²) in [6, 6.07) is 0.195. The minimum absolute atomic E-state index is 0.105. The van der Waals surface area contributed by atoms with Gasteiger partial charge in [-0.3, -0.25) is 4.79 Å². The van der Waals surface area contributed by atoms with Gasteiger partial charge in [0.15, 0.2) is 0 Å². The molecule has 0 aromatic heterocycles. The van der Waals surface area contributed by atoms with Gasteiger partial charge in [0, 0.05) is 26.2 Å². The molecule has 1 atom stereocenters. The van der Waals surface area contributed by atoms with Gasteiger partial charge in [-0.15, -0.1) is 0 Å². The van der Waals surface area contributed by atoms with Gasteiger partial charge in [-0.05, 0) is 19.8 Å². The van der Waals surface area contributed by atoms with Crippen molar-refractivity contribution in [2.24, 2.45) is 0 Å². The van der Waals surface area contributed by atoms with Crippen molar-refractivity contribution in [3.05, 3.63) is 0 Å². The molecule has 0 saturated heterocycles. The molecule has 2 amide bonds. The molecular formula is C14H26N2O4. The number of urea groups is 1. The van der Waals surface area contributed by atoms with Crippen molar-refractivity contribution in [3.63, 3.8) is 0 Å². The van der Waals surface area contributed by atoms with Gasteiger partial charge in [-0.1, -0.05) is 19.3 Å². The van der Waals surface area contributed by atoms with Gasteiger partial charge in [0.2, 0.25) is 0 Å². The van der Waals surface area contributed by atoms with Crippen molar-refractivity contribution in [3.8, 4) is 0 Å². The number of carboxylic acid groups (broad SMARTS) is 1. The summed E-state index contributed by atoms with van der Waals surface area (Å²) in [5.41, 5.74) is 0. The average molecular weight is 286 g/mol. The first-order valence-electron chi connectivity index (χ1n) is 7.37. The van der Waals surface area contributed by atoms with Crippen LogP contribution in [0.2, 0.25) is 0 Å². The zero-order valence-electron chi connectivity index (χ0n) is 12.4. The normalized spacial score (nSPS) is 17.5. The number of rotatable bonds is 7. The van der Waals surface area contributed by atoms with Crippen LogP contribution in [0.3, 0.4) is 0 Å². The lowest BCUT2D eigenvalue weighted by Gasteiger charge is -2.33. The van der Waals surface area contributed by atoms with Crippen LogP contribution in [0.5, 0.6) is 0 Å². The van der Waals surface area contributed by atoms with Crippen LogP contribution < -0.4 is 5.32 Å². The maximum atomic E-state index is 12.2. The molecule has 0 radical (unpaired) electrons. The molecule has 1 saturated carbocycles. The average Bonchev–Trinajstić information content (AvgIpc) is 2.45. The number of hydrogen-bond acceptors (Lipinski definition) is 3. The summed E-state index contributed by atoms with van der Waals surface area (Å²) in [7, 11) is 1.46. The lowest BCUT2D eigenvalue weighted by molar-refractivity contribution is -0.139. The minimum Gasteiger partial charge on any atom is -0.481 e. The van der Waals surface area contributed by atoms with Crippen molar-refractivity contribution in [2.45, 2.75) is 57.6 Å². The van der Waals surface area contributed by atoms with Crippen molar-refractivity contribution in [1.82, 2.24) is 10.2 Å². The van der Waals surface area contributed by atoms with E-state index in [0.717, 1.165) is 12.8 Å². The number of carbonyl (C=O) groups excluding carboxylic acids is 1. The number of hydrogen-bond donors (Lipinski definition) is 2. The van der Waals surface area contributed by atoms with Crippen molar-refractivity contribution < 1.29 is 19.4 Å². The van der Waals surface area contributed by atoms with Crippen LogP contribution in [-0.4, -0.2) is 54.4 Å². The van der Waals surface area contributed by atoms with Crippen LogP contribution in [0.25, 0.3) is 0 Å². The van der Waals surface area contributed by atoms with E-state index < -0.39 is 12.1 Å². The molecule has 6 heteroatoms. The molecule has 6 nitrogen and oxygen atoms in total. The van der Waals surface area contributed by atoms with E-state index in [2.05, 4.69) is 5.32 Å². The largest absolute Gasteiger partial charge is 0.481 e. The van der Waals surface area contributed by atoms with Gasteiger partial charge < -0.3 is 20.1 Å². The lowest BCUT2D eigenvalue weighted by atomic mass is 9.94. The fourth-order valence-electron chi connectivity index (χ4n) is 2.70. The Kier molecular flexibility index (Phi) is 7.36. The maximum absolute atomic E-state index is 12.2. The Labute approximate surface area is 120 Å². The summed E-state index contributed by atoms with van der Waals surface area (Å²) in [6.45, 7) is 2.87. The minimum atomic E-state index is -0.925. The summed E-state index contributed by atoms with van der Waals surface area (Å²) in [4.78, 5) is 24.7. The van der Waals surface area contributed by atoms with Gasteiger partial charge in [0.05, 0.1) is 12.5 Å². The molecule has 0 spiro atoms. The zero-order valence-corrected chi connectivity index (χ0v) is 12.4. The number of nitrogens with zero attached hydrogens (tertiary/aromatic N) is 1. The van der Waals surface area contributed by atoms with E-state index in [-0.39, 0.29) is 19.0 Å². The van der Waals surface area contributed by atoms with Gasteiger partial charge >= 0.3 is 12.0 Å². The molecule has 2 N–H and O–H groups in total. The van der Waals surface area contributed by atoms with E-state index in [1.54, 1.807) is 0 Å². The smallest absolute Gasteiger partial charge is 0.317 e. The molecule has 1 aliphatic rings. The number of carboxylic acids is 1. The Hall–Kier alpha value is -1.30. The summed E-state index contributed by atoms with van der Waals surface area (Å²) in [6.07, 6.45) is 5.13. The molecule has 0 aromatic rings. The number of methoxy groups -OCH3 is 1. The van der Waals surface area contributed by atoms with E-state index in [0.29, 0.717) is 12.6 Å². The molecule has 0 aliphatic heterocycles. The van der Waals surface area contributed by atoms with Gasteiger partial charge in [0.1, 0.15) is 0 Å². The fourth-order valence-corrected chi connectivity index (χ4v) is 2.70. The van der Waals surface area contributed by atoms with E-state index in [1.807, 2.05) is 11.8 Å². The van der Waals surface area contributed by atoms with Gasteiger partial charge in [0.25, 0.3) is 0 Å². The molecule has 1 unspecified atom stereocenters. The third-order valence-corrected chi connectivity index (χ3v) is 3.83. The van der Waals surface area contributed by atoms with Crippen molar-refractivity contribution >= 4 is 12.0 Å². The Bertz CT molecular complexity index is 316. The highest BCUT2D eigenvalue weighted by Gasteiger charge is 2.24. The number of nitrogens with one attached hydrogen (secondary N) is 1. The molecule has 0 bridgehead atoms. The number of carbonyl (C=O) groups is 2. The zero-order chi connectivity index (χ0) is 15.0. The highest BCUT2D eigenvalue weighted by atomic mass is 16.5. The number of amides is 2. The fraction of sp³-hybridized carbons (Fsp3) is 0.857. The van der Waals surface area contributed by atoms with Crippen molar-refractivity contribution in [2.75, 3.05) is 20.2 Å².